The van der Waals surface area contributed by atoms with Crippen LogP contribution in [0.3, 0.4) is 0 Å². The van der Waals surface area contributed by atoms with Crippen molar-refractivity contribution in [2.45, 2.75) is 13.3 Å². The number of Topliss-reactive ketones (excluding diaryl/α,β-unsaturated/α-hetero) is 1. The number of benzene rings is 2. The quantitative estimate of drug-likeness (QED) is 0.772. The second-order valence-electron chi connectivity index (χ2n) is 4.25. The van der Waals surface area contributed by atoms with Crippen molar-refractivity contribution in [2.75, 3.05) is 0 Å². The summed E-state index contributed by atoms with van der Waals surface area (Å²) in [6, 6.07) is 11.9. The minimum atomic E-state index is -0.337. The highest BCUT2D eigenvalue weighted by Crippen LogP contribution is 2.17. The first-order valence-electron chi connectivity index (χ1n) is 5.59. The largest absolute Gasteiger partial charge is 0.294 e. The zero-order valence-corrected chi connectivity index (χ0v) is 11.5. The maximum Gasteiger partial charge on any atom is 0.167 e. The van der Waals surface area contributed by atoms with Gasteiger partial charge in [0.25, 0.3) is 0 Å². The van der Waals surface area contributed by atoms with Crippen LogP contribution in [0.15, 0.2) is 46.9 Å². The Morgan fingerprint density at radius 1 is 1.22 bits per heavy atom. The fraction of sp³-hybridized carbons (Fsp3) is 0.133. The molecule has 0 fully saturated rings. The fourth-order valence-electron chi connectivity index (χ4n) is 1.82. The number of halogens is 2. The van der Waals surface area contributed by atoms with E-state index in [4.69, 9.17) is 0 Å². The Bertz CT molecular complexity index is 573. The van der Waals surface area contributed by atoms with Gasteiger partial charge in [0.2, 0.25) is 0 Å². The molecule has 3 heteroatoms. The summed E-state index contributed by atoms with van der Waals surface area (Å²) in [5.41, 5.74) is 2.38. The second-order valence-corrected chi connectivity index (χ2v) is 5.16. The van der Waals surface area contributed by atoms with Crippen molar-refractivity contribution in [2.24, 2.45) is 0 Å². The smallest absolute Gasteiger partial charge is 0.167 e. The van der Waals surface area contributed by atoms with E-state index in [1.807, 2.05) is 25.1 Å². The van der Waals surface area contributed by atoms with Gasteiger partial charge in [0.15, 0.2) is 5.78 Å². The summed E-state index contributed by atoms with van der Waals surface area (Å²) in [6.07, 6.45) is 0.208. The van der Waals surface area contributed by atoms with Gasteiger partial charge in [0.05, 0.1) is 0 Å². The molecule has 0 aliphatic carbocycles. The Morgan fingerprint density at radius 2 is 2.00 bits per heavy atom. The molecular formula is C15H12BrFO. The molecule has 2 rings (SSSR count). The number of ketones is 1. The number of carbonyl (C=O) groups is 1. The Balaban J connectivity index is 2.21. The van der Waals surface area contributed by atoms with Gasteiger partial charge in [-0.3, -0.25) is 4.79 Å². The van der Waals surface area contributed by atoms with E-state index in [9.17, 15) is 9.18 Å². The topological polar surface area (TPSA) is 17.1 Å². The Labute approximate surface area is 114 Å². The van der Waals surface area contributed by atoms with E-state index in [0.29, 0.717) is 15.6 Å². The minimum Gasteiger partial charge on any atom is -0.294 e. The van der Waals surface area contributed by atoms with Crippen LogP contribution in [0.2, 0.25) is 0 Å². The average Bonchev–Trinajstić information content (AvgIpc) is 2.27. The molecule has 92 valence electrons. The zero-order chi connectivity index (χ0) is 13.1. The van der Waals surface area contributed by atoms with Gasteiger partial charge in [-0.25, -0.2) is 4.39 Å². The Hall–Kier alpha value is -1.48. The maximum atomic E-state index is 13.2. The average molecular weight is 307 g/mol. The summed E-state index contributed by atoms with van der Waals surface area (Å²) < 4.78 is 13.9. The molecule has 0 N–H and O–H groups in total. The van der Waals surface area contributed by atoms with Crippen molar-refractivity contribution in [1.29, 1.82) is 0 Å². The Kier molecular flexibility index (Phi) is 3.92. The highest BCUT2D eigenvalue weighted by atomic mass is 79.9. The molecule has 0 saturated heterocycles. The van der Waals surface area contributed by atoms with Gasteiger partial charge in [-0.1, -0.05) is 39.7 Å². The van der Waals surface area contributed by atoms with Gasteiger partial charge < -0.3 is 0 Å². The van der Waals surface area contributed by atoms with E-state index in [2.05, 4.69) is 15.9 Å². The molecule has 0 heterocycles. The lowest BCUT2D eigenvalue weighted by Gasteiger charge is -2.04. The molecule has 0 saturated carbocycles. The van der Waals surface area contributed by atoms with E-state index in [-0.39, 0.29) is 18.0 Å². The molecule has 0 amide bonds. The van der Waals surface area contributed by atoms with Crippen molar-refractivity contribution in [3.8, 4) is 0 Å². The van der Waals surface area contributed by atoms with E-state index >= 15 is 0 Å². The minimum absolute atomic E-state index is 0.00352. The summed E-state index contributed by atoms with van der Waals surface area (Å²) in [4.78, 5) is 12.1. The monoisotopic (exact) mass is 306 g/mol. The highest BCUT2D eigenvalue weighted by molar-refractivity contribution is 9.10. The van der Waals surface area contributed by atoms with Gasteiger partial charge >= 0.3 is 0 Å². The number of hydrogen-bond acceptors (Lipinski definition) is 1. The number of hydrogen-bond donors (Lipinski definition) is 0. The van der Waals surface area contributed by atoms with Crippen molar-refractivity contribution in [3.05, 3.63) is 69.4 Å². The molecule has 18 heavy (non-hydrogen) atoms. The molecule has 0 atom stereocenters. The molecule has 0 radical (unpaired) electrons. The molecule has 2 aromatic carbocycles. The number of rotatable bonds is 3. The molecule has 0 unspecified atom stereocenters. The third kappa shape index (κ3) is 3.26. The van der Waals surface area contributed by atoms with E-state index in [0.717, 1.165) is 5.56 Å². The van der Waals surface area contributed by atoms with Crippen molar-refractivity contribution >= 4 is 21.7 Å². The lowest BCUT2D eigenvalue weighted by Crippen LogP contribution is -2.04. The summed E-state index contributed by atoms with van der Waals surface area (Å²) in [5.74, 6) is -0.340. The van der Waals surface area contributed by atoms with Gasteiger partial charge in [-0.05, 0) is 36.8 Å². The van der Waals surface area contributed by atoms with Gasteiger partial charge in [0.1, 0.15) is 5.82 Å². The van der Waals surface area contributed by atoms with Gasteiger partial charge in [-0.2, -0.15) is 0 Å². The lowest BCUT2D eigenvalue weighted by atomic mass is 10.0. The predicted octanol–water partition coefficient (Wildman–Crippen LogP) is 4.32. The third-order valence-electron chi connectivity index (χ3n) is 2.63. The molecule has 2 aromatic rings. The molecule has 0 bridgehead atoms. The van der Waals surface area contributed by atoms with Crippen LogP contribution in [0.5, 0.6) is 0 Å². The molecule has 0 aliphatic heterocycles. The van der Waals surface area contributed by atoms with Crippen LogP contribution >= 0.6 is 15.9 Å². The van der Waals surface area contributed by atoms with Crippen molar-refractivity contribution in [3.63, 3.8) is 0 Å². The number of aryl methyl sites for hydroxylation is 1. The van der Waals surface area contributed by atoms with Crippen LogP contribution in [0.25, 0.3) is 0 Å². The molecular weight excluding hydrogens is 295 g/mol. The van der Waals surface area contributed by atoms with Crippen LogP contribution in [-0.4, -0.2) is 5.78 Å². The normalized spacial score (nSPS) is 10.4. The van der Waals surface area contributed by atoms with Gasteiger partial charge in [0, 0.05) is 16.5 Å². The lowest BCUT2D eigenvalue weighted by molar-refractivity contribution is 0.0993. The predicted molar refractivity (Wildman–Crippen MR) is 73.3 cm³/mol. The summed E-state index contributed by atoms with van der Waals surface area (Å²) >= 11 is 3.22. The van der Waals surface area contributed by atoms with Crippen LogP contribution in [0, 0.1) is 12.7 Å². The maximum absolute atomic E-state index is 13.2. The standard InChI is InChI=1S/C15H12BrFO/c1-10-3-2-4-12(5-10)15(18)8-11-6-13(16)9-14(17)7-11/h2-7,9H,8H2,1H3. The van der Waals surface area contributed by atoms with E-state index < -0.39 is 0 Å². The van der Waals surface area contributed by atoms with Gasteiger partial charge in [-0.15, -0.1) is 0 Å². The molecule has 1 nitrogen and oxygen atoms in total. The summed E-state index contributed by atoms with van der Waals surface area (Å²) in [5, 5.41) is 0. The van der Waals surface area contributed by atoms with Crippen LogP contribution in [0.1, 0.15) is 21.5 Å². The molecule has 0 aliphatic rings. The second kappa shape index (κ2) is 5.44. The SMILES string of the molecule is Cc1cccc(C(=O)Cc2cc(F)cc(Br)c2)c1. The third-order valence-corrected chi connectivity index (χ3v) is 3.08. The first kappa shape index (κ1) is 13.0. The zero-order valence-electron chi connectivity index (χ0n) is 9.91. The molecule has 0 aromatic heterocycles. The first-order valence-corrected chi connectivity index (χ1v) is 6.39. The highest BCUT2D eigenvalue weighted by Gasteiger charge is 2.08. The molecule has 0 spiro atoms. The van der Waals surface area contributed by atoms with Crippen LogP contribution < -0.4 is 0 Å². The van der Waals surface area contributed by atoms with Crippen molar-refractivity contribution < 1.29 is 9.18 Å². The van der Waals surface area contributed by atoms with E-state index in [1.54, 1.807) is 12.1 Å². The first-order chi connectivity index (χ1) is 8.54. The summed E-state index contributed by atoms with van der Waals surface area (Å²) in [6.45, 7) is 1.94. The van der Waals surface area contributed by atoms with Crippen LogP contribution in [0.4, 0.5) is 4.39 Å². The summed E-state index contributed by atoms with van der Waals surface area (Å²) in [7, 11) is 0. The number of carbonyl (C=O) groups excluding carboxylic acids is 1. The van der Waals surface area contributed by atoms with Crippen LogP contribution in [-0.2, 0) is 6.42 Å². The Morgan fingerprint density at radius 3 is 2.67 bits per heavy atom. The van der Waals surface area contributed by atoms with E-state index in [1.165, 1.54) is 12.1 Å². The fourth-order valence-corrected chi connectivity index (χ4v) is 2.33. The van der Waals surface area contributed by atoms with Crippen molar-refractivity contribution in [1.82, 2.24) is 0 Å².